The van der Waals surface area contributed by atoms with Crippen LogP contribution in [0.4, 0.5) is 13.2 Å². The molecule has 1 amide bonds. The number of hydrogen-bond donors (Lipinski definition) is 1. The number of nitrogens with zero attached hydrogens (tertiary/aromatic N) is 3. The van der Waals surface area contributed by atoms with Gasteiger partial charge in [0.15, 0.2) is 0 Å². The minimum Gasteiger partial charge on any atom is -0.481 e. The number of pyridine rings is 1. The van der Waals surface area contributed by atoms with Gasteiger partial charge in [0, 0.05) is 17.2 Å². The summed E-state index contributed by atoms with van der Waals surface area (Å²) in [5.74, 6) is -1.57. The van der Waals surface area contributed by atoms with E-state index in [4.69, 9.17) is 4.74 Å². The molecule has 0 fully saturated rings. The number of nitrogens with one attached hydrogen (secondary N) is 1. The molecule has 0 aliphatic heterocycles. The Hall–Kier alpha value is -3.43. The molecular weight excluding hydrogens is 365 g/mol. The average molecular weight is 378 g/mol. The van der Waals surface area contributed by atoms with Crippen LogP contribution in [-0.2, 0) is 12.7 Å². The maximum atomic E-state index is 12.5. The number of benzene rings is 1. The molecule has 0 unspecified atom stereocenters. The Balaban J connectivity index is 1.66. The lowest BCUT2D eigenvalue weighted by Crippen LogP contribution is -2.23. The van der Waals surface area contributed by atoms with Crippen LogP contribution in [0.3, 0.4) is 0 Å². The Morgan fingerprint density at radius 1 is 1.15 bits per heavy atom. The first kappa shape index (κ1) is 18.4. The van der Waals surface area contributed by atoms with E-state index in [1.54, 1.807) is 18.2 Å². The van der Waals surface area contributed by atoms with Crippen LogP contribution >= 0.6 is 0 Å². The lowest BCUT2D eigenvalue weighted by atomic mass is 10.1. The molecule has 3 aromatic rings. The fourth-order valence-corrected chi connectivity index (χ4v) is 2.17. The van der Waals surface area contributed by atoms with Crippen LogP contribution in [0.1, 0.15) is 21.9 Å². The molecule has 0 aliphatic rings. The normalized spacial score (nSPS) is 11.3. The summed E-state index contributed by atoms with van der Waals surface area (Å²) in [5, 5.41) is 5.99. The van der Waals surface area contributed by atoms with Gasteiger partial charge in [0.1, 0.15) is 0 Å². The van der Waals surface area contributed by atoms with Crippen molar-refractivity contribution in [1.82, 2.24) is 20.4 Å². The van der Waals surface area contributed by atoms with Gasteiger partial charge in [-0.25, -0.2) is 4.98 Å². The van der Waals surface area contributed by atoms with E-state index in [1.807, 2.05) is 0 Å². The number of hydrogen-bond acceptors (Lipinski definition) is 6. The van der Waals surface area contributed by atoms with Crippen LogP contribution in [0.5, 0.6) is 5.88 Å². The molecule has 2 heterocycles. The van der Waals surface area contributed by atoms with Crippen LogP contribution in [0, 0.1) is 0 Å². The topological polar surface area (TPSA) is 90.1 Å². The van der Waals surface area contributed by atoms with Crippen LogP contribution < -0.4 is 10.1 Å². The Bertz CT molecular complexity index is 939. The highest BCUT2D eigenvalue weighted by molar-refractivity contribution is 5.94. The van der Waals surface area contributed by atoms with Crippen molar-refractivity contribution in [2.75, 3.05) is 7.11 Å². The van der Waals surface area contributed by atoms with Crippen molar-refractivity contribution in [3.8, 4) is 17.3 Å². The third-order valence-corrected chi connectivity index (χ3v) is 3.49. The van der Waals surface area contributed by atoms with E-state index in [0.29, 0.717) is 22.7 Å². The molecule has 1 N–H and O–H groups in total. The third kappa shape index (κ3) is 4.40. The standard InChI is InChI=1S/C17H13F3N4O3/c1-26-13-4-2-3-12(22-13)9-21-15(25)11-7-5-10(6-8-11)14-23-16(27-24-14)17(18,19)20/h2-8H,9H2,1H3,(H,21,25). The van der Waals surface area contributed by atoms with Crippen molar-refractivity contribution in [3.63, 3.8) is 0 Å². The number of alkyl halides is 3. The van der Waals surface area contributed by atoms with E-state index in [-0.39, 0.29) is 18.3 Å². The molecule has 2 aromatic heterocycles. The van der Waals surface area contributed by atoms with Crippen LogP contribution in [0.15, 0.2) is 47.0 Å². The van der Waals surface area contributed by atoms with Gasteiger partial charge in [-0.15, -0.1) is 0 Å². The molecule has 0 spiro atoms. The summed E-state index contributed by atoms with van der Waals surface area (Å²) in [7, 11) is 1.49. The largest absolute Gasteiger partial charge is 0.481 e. The van der Waals surface area contributed by atoms with Gasteiger partial charge >= 0.3 is 12.1 Å². The Labute approximate surface area is 151 Å². The second-order valence-electron chi connectivity index (χ2n) is 5.35. The van der Waals surface area contributed by atoms with E-state index in [0.717, 1.165) is 0 Å². The lowest BCUT2D eigenvalue weighted by molar-refractivity contribution is -0.159. The predicted octanol–water partition coefficient (Wildman–Crippen LogP) is 3.09. The fourth-order valence-electron chi connectivity index (χ4n) is 2.17. The van der Waals surface area contributed by atoms with Gasteiger partial charge in [-0.3, -0.25) is 4.79 Å². The van der Waals surface area contributed by atoms with Gasteiger partial charge in [0.2, 0.25) is 11.7 Å². The van der Waals surface area contributed by atoms with Crippen molar-refractivity contribution in [2.24, 2.45) is 0 Å². The summed E-state index contributed by atoms with van der Waals surface area (Å²) in [6.07, 6.45) is -4.71. The maximum Gasteiger partial charge on any atom is 0.471 e. The summed E-state index contributed by atoms with van der Waals surface area (Å²) in [5.41, 5.74) is 1.23. The monoisotopic (exact) mass is 378 g/mol. The quantitative estimate of drug-likeness (QED) is 0.734. The number of halogens is 3. The Kier molecular flexibility index (Phi) is 5.06. The van der Waals surface area contributed by atoms with Crippen molar-refractivity contribution in [3.05, 3.63) is 59.6 Å². The summed E-state index contributed by atoms with van der Waals surface area (Å²) < 4.78 is 46.7. The third-order valence-electron chi connectivity index (χ3n) is 3.49. The van der Waals surface area contributed by atoms with Crippen molar-refractivity contribution in [2.45, 2.75) is 12.7 Å². The predicted molar refractivity (Wildman–Crippen MR) is 86.7 cm³/mol. The molecule has 3 rings (SSSR count). The Morgan fingerprint density at radius 3 is 2.52 bits per heavy atom. The van der Waals surface area contributed by atoms with E-state index in [9.17, 15) is 18.0 Å². The molecule has 0 atom stereocenters. The first-order valence-corrected chi connectivity index (χ1v) is 7.66. The summed E-state index contributed by atoms with van der Waals surface area (Å²) in [4.78, 5) is 19.7. The molecule has 1 aromatic carbocycles. The Morgan fingerprint density at radius 2 is 1.89 bits per heavy atom. The first-order chi connectivity index (χ1) is 12.9. The highest BCUT2D eigenvalue weighted by Gasteiger charge is 2.38. The van der Waals surface area contributed by atoms with E-state index >= 15 is 0 Å². The van der Waals surface area contributed by atoms with Crippen LogP contribution in [0.25, 0.3) is 11.4 Å². The average Bonchev–Trinajstić information content (AvgIpc) is 3.17. The zero-order chi connectivity index (χ0) is 19.4. The van der Waals surface area contributed by atoms with E-state index < -0.39 is 12.1 Å². The number of amides is 1. The van der Waals surface area contributed by atoms with Crippen LogP contribution in [0.2, 0.25) is 0 Å². The smallest absolute Gasteiger partial charge is 0.471 e. The molecule has 0 radical (unpaired) electrons. The zero-order valence-corrected chi connectivity index (χ0v) is 13.9. The molecule has 0 saturated heterocycles. The summed E-state index contributed by atoms with van der Waals surface area (Å²) >= 11 is 0. The lowest BCUT2D eigenvalue weighted by Gasteiger charge is -2.06. The number of ether oxygens (including phenoxy) is 1. The van der Waals surface area contributed by atoms with Gasteiger partial charge in [0.25, 0.3) is 5.91 Å². The van der Waals surface area contributed by atoms with Gasteiger partial charge < -0.3 is 14.6 Å². The maximum absolute atomic E-state index is 12.5. The highest BCUT2D eigenvalue weighted by Crippen LogP contribution is 2.29. The van der Waals surface area contributed by atoms with E-state index in [2.05, 4.69) is 25.0 Å². The van der Waals surface area contributed by atoms with Gasteiger partial charge in [0.05, 0.1) is 19.3 Å². The summed E-state index contributed by atoms with van der Waals surface area (Å²) in [6.45, 7) is 0.192. The van der Waals surface area contributed by atoms with Gasteiger partial charge in [-0.05, 0) is 18.2 Å². The molecule has 10 heteroatoms. The first-order valence-electron chi connectivity index (χ1n) is 7.66. The molecule has 0 bridgehead atoms. The molecule has 0 aliphatic carbocycles. The number of methoxy groups -OCH3 is 1. The molecule has 27 heavy (non-hydrogen) atoms. The SMILES string of the molecule is COc1cccc(CNC(=O)c2ccc(-c3noc(C(F)(F)F)n3)cc2)n1. The highest BCUT2D eigenvalue weighted by atomic mass is 19.4. The number of carbonyl (C=O) groups is 1. The molecule has 0 saturated carbocycles. The summed E-state index contributed by atoms with van der Waals surface area (Å²) in [6, 6.07) is 10.9. The van der Waals surface area contributed by atoms with Crippen molar-refractivity contribution >= 4 is 5.91 Å². The molecular formula is C17H13F3N4O3. The number of aromatic nitrogens is 3. The minimum absolute atomic E-state index is 0.192. The van der Waals surface area contributed by atoms with Crippen molar-refractivity contribution in [1.29, 1.82) is 0 Å². The number of rotatable bonds is 5. The minimum atomic E-state index is -4.71. The van der Waals surface area contributed by atoms with Crippen molar-refractivity contribution < 1.29 is 27.2 Å². The van der Waals surface area contributed by atoms with Crippen LogP contribution in [-0.4, -0.2) is 28.1 Å². The molecule has 140 valence electrons. The molecule has 7 nitrogen and oxygen atoms in total. The number of carbonyl (C=O) groups excluding carboxylic acids is 1. The zero-order valence-electron chi connectivity index (χ0n) is 13.9. The van der Waals surface area contributed by atoms with E-state index in [1.165, 1.54) is 31.4 Å². The van der Waals surface area contributed by atoms with Gasteiger partial charge in [-0.1, -0.05) is 23.4 Å². The van der Waals surface area contributed by atoms with Gasteiger partial charge in [-0.2, -0.15) is 18.2 Å². The fraction of sp³-hybridized carbons (Fsp3) is 0.176. The second-order valence-corrected chi connectivity index (χ2v) is 5.35. The second kappa shape index (κ2) is 7.44.